The van der Waals surface area contributed by atoms with Crippen LogP contribution in [0.2, 0.25) is 0 Å². The molecule has 2 N–H and O–H groups in total. The second kappa shape index (κ2) is 6.84. The Morgan fingerprint density at radius 2 is 2.16 bits per heavy atom. The lowest BCUT2D eigenvalue weighted by Crippen LogP contribution is -2.23. The van der Waals surface area contributed by atoms with Crippen molar-refractivity contribution < 1.29 is 9.90 Å². The summed E-state index contributed by atoms with van der Waals surface area (Å²) >= 11 is 1.47. The number of hydrogen-bond donors (Lipinski definition) is 2. The molecule has 0 radical (unpaired) electrons. The summed E-state index contributed by atoms with van der Waals surface area (Å²) in [6.45, 7) is 0. The molecule has 0 bridgehead atoms. The molecular weight excluding hydrogens is 336 g/mol. The zero-order valence-corrected chi connectivity index (χ0v) is 14.6. The summed E-state index contributed by atoms with van der Waals surface area (Å²) in [7, 11) is 0. The van der Waals surface area contributed by atoms with Crippen molar-refractivity contribution >= 4 is 28.1 Å². The lowest BCUT2D eigenvalue weighted by atomic mass is 9.95. The predicted molar refractivity (Wildman–Crippen MR) is 98.1 cm³/mol. The van der Waals surface area contributed by atoms with Crippen molar-refractivity contribution in [2.24, 2.45) is 0 Å². The quantitative estimate of drug-likeness (QED) is 0.726. The molecule has 1 aliphatic carbocycles. The van der Waals surface area contributed by atoms with E-state index in [1.807, 2.05) is 28.0 Å². The molecule has 3 aromatic rings. The van der Waals surface area contributed by atoms with E-state index in [1.54, 1.807) is 6.20 Å². The van der Waals surface area contributed by atoms with E-state index in [0.29, 0.717) is 6.04 Å². The number of fused-ring (bicyclic) bond motifs is 1. The SMILES string of the molecule is O=C(O)Cc1csc2nc(-c3ccccn3)c(NC3CCCCC3)n12. The molecule has 3 aromatic heterocycles. The van der Waals surface area contributed by atoms with Crippen molar-refractivity contribution in [1.82, 2.24) is 14.4 Å². The Bertz CT molecular complexity index is 881. The normalized spacial score (nSPS) is 15.5. The smallest absolute Gasteiger partial charge is 0.309 e. The van der Waals surface area contributed by atoms with Gasteiger partial charge >= 0.3 is 5.97 Å². The van der Waals surface area contributed by atoms with Crippen molar-refractivity contribution in [3.05, 3.63) is 35.5 Å². The lowest BCUT2D eigenvalue weighted by Gasteiger charge is -2.24. The number of hydrogen-bond acceptors (Lipinski definition) is 5. The number of imidazole rings is 1. The third-order valence-electron chi connectivity index (χ3n) is 4.62. The van der Waals surface area contributed by atoms with Gasteiger partial charge in [0.15, 0.2) is 4.96 Å². The van der Waals surface area contributed by atoms with Gasteiger partial charge in [0.1, 0.15) is 11.5 Å². The molecule has 0 aromatic carbocycles. The molecule has 1 saturated carbocycles. The van der Waals surface area contributed by atoms with Crippen LogP contribution in [0.3, 0.4) is 0 Å². The van der Waals surface area contributed by atoms with Gasteiger partial charge in [-0.25, -0.2) is 4.98 Å². The number of carboxylic acid groups (broad SMARTS) is 1. The van der Waals surface area contributed by atoms with Gasteiger partial charge in [-0.3, -0.25) is 14.2 Å². The molecule has 1 fully saturated rings. The van der Waals surface area contributed by atoms with E-state index in [1.165, 1.54) is 30.6 Å². The third-order valence-corrected chi connectivity index (χ3v) is 5.49. The number of carbonyl (C=O) groups is 1. The zero-order valence-electron chi connectivity index (χ0n) is 13.8. The first-order chi connectivity index (χ1) is 12.2. The monoisotopic (exact) mass is 356 g/mol. The third kappa shape index (κ3) is 3.24. The maximum Gasteiger partial charge on any atom is 0.309 e. The van der Waals surface area contributed by atoms with E-state index in [4.69, 9.17) is 4.98 Å². The summed E-state index contributed by atoms with van der Waals surface area (Å²) < 4.78 is 1.96. The largest absolute Gasteiger partial charge is 0.481 e. The van der Waals surface area contributed by atoms with Gasteiger partial charge in [0, 0.05) is 23.3 Å². The van der Waals surface area contributed by atoms with Gasteiger partial charge in [-0.15, -0.1) is 11.3 Å². The summed E-state index contributed by atoms with van der Waals surface area (Å²) in [5.74, 6) is 0.0366. The minimum atomic E-state index is -0.837. The Kier molecular flexibility index (Phi) is 4.40. The average Bonchev–Trinajstić information content (AvgIpc) is 3.17. The molecule has 0 atom stereocenters. The Morgan fingerprint density at radius 3 is 2.88 bits per heavy atom. The number of thiazole rings is 1. The van der Waals surface area contributed by atoms with Crippen LogP contribution >= 0.6 is 11.3 Å². The number of anilines is 1. The number of pyridine rings is 1. The minimum Gasteiger partial charge on any atom is -0.481 e. The van der Waals surface area contributed by atoms with Crippen LogP contribution in [0.4, 0.5) is 5.82 Å². The number of rotatable bonds is 5. The predicted octanol–water partition coefficient (Wildman–Crippen LogP) is 3.83. The van der Waals surface area contributed by atoms with Crippen molar-refractivity contribution in [3.8, 4) is 11.4 Å². The van der Waals surface area contributed by atoms with Gasteiger partial charge in [0.25, 0.3) is 0 Å². The van der Waals surface area contributed by atoms with Gasteiger partial charge in [-0.1, -0.05) is 25.3 Å². The Balaban J connectivity index is 1.81. The van der Waals surface area contributed by atoms with Crippen LogP contribution < -0.4 is 5.32 Å². The van der Waals surface area contributed by atoms with E-state index < -0.39 is 5.97 Å². The second-order valence-corrected chi connectivity index (χ2v) is 7.26. The highest BCUT2D eigenvalue weighted by atomic mass is 32.1. The van der Waals surface area contributed by atoms with Gasteiger partial charge < -0.3 is 10.4 Å². The van der Waals surface area contributed by atoms with Crippen molar-refractivity contribution in [2.75, 3.05) is 5.32 Å². The summed E-state index contributed by atoms with van der Waals surface area (Å²) in [5, 5.41) is 14.7. The number of aliphatic carboxylic acids is 1. The molecule has 0 spiro atoms. The molecule has 0 unspecified atom stereocenters. The molecule has 7 heteroatoms. The summed E-state index contributed by atoms with van der Waals surface area (Å²) in [6.07, 6.45) is 7.74. The second-order valence-electron chi connectivity index (χ2n) is 6.42. The highest BCUT2D eigenvalue weighted by Crippen LogP contribution is 2.33. The molecule has 0 aliphatic heterocycles. The van der Waals surface area contributed by atoms with Gasteiger partial charge in [0.2, 0.25) is 0 Å². The van der Waals surface area contributed by atoms with E-state index in [-0.39, 0.29) is 6.42 Å². The highest BCUT2D eigenvalue weighted by Gasteiger charge is 2.23. The number of nitrogens with one attached hydrogen (secondary N) is 1. The van der Waals surface area contributed by atoms with Crippen LogP contribution in [-0.4, -0.2) is 31.5 Å². The van der Waals surface area contributed by atoms with Crippen molar-refractivity contribution in [3.63, 3.8) is 0 Å². The topological polar surface area (TPSA) is 79.5 Å². The zero-order chi connectivity index (χ0) is 17.2. The maximum absolute atomic E-state index is 11.2. The fraction of sp³-hybridized carbons (Fsp3) is 0.389. The Hall–Kier alpha value is -2.41. The first-order valence-corrected chi connectivity index (χ1v) is 9.49. The highest BCUT2D eigenvalue weighted by molar-refractivity contribution is 7.15. The Labute approximate surface area is 149 Å². The molecule has 25 heavy (non-hydrogen) atoms. The van der Waals surface area contributed by atoms with Gasteiger partial charge in [0.05, 0.1) is 12.1 Å². The summed E-state index contributed by atoms with van der Waals surface area (Å²) in [6, 6.07) is 6.16. The molecule has 130 valence electrons. The van der Waals surface area contributed by atoms with Crippen LogP contribution in [0.5, 0.6) is 0 Å². The first-order valence-electron chi connectivity index (χ1n) is 8.61. The van der Waals surface area contributed by atoms with E-state index in [0.717, 1.165) is 40.7 Å². The molecule has 1 aliphatic rings. The standard InChI is InChI=1S/C18H20N4O2S/c23-15(24)10-13-11-25-18-21-16(14-8-4-5-9-19-14)17(22(13)18)20-12-6-2-1-3-7-12/h4-5,8-9,11-12,20H,1-3,6-7,10H2,(H,23,24). The van der Waals surface area contributed by atoms with Gasteiger partial charge in [-0.2, -0.15) is 0 Å². The fourth-order valence-corrected chi connectivity index (χ4v) is 4.34. The number of nitrogens with zero attached hydrogens (tertiary/aromatic N) is 3. The van der Waals surface area contributed by atoms with Gasteiger partial charge in [-0.05, 0) is 25.0 Å². The molecule has 0 saturated heterocycles. The summed E-state index contributed by atoms with van der Waals surface area (Å²) in [5.41, 5.74) is 2.35. The number of carboxylic acids is 1. The van der Waals surface area contributed by atoms with Crippen molar-refractivity contribution in [1.29, 1.82) is 0 Å². The van der Waals surface area contributed by atoms with Crippen LogP contribution in [0, 0.1) is 0 Å². The van der Waals surface area contributed by atoms with E-state index >= 15 is 0 Å². The molecule has 6 nitrogen and oxygen atoms in total. The van der Waals surface area contributed by atoms with E-state index in [9.17, 15) is 9.90 Å². The average molecular weight is 356 g/mol. The van der Waals surface area contributed by atoms with Crippen LogP contribution in [0.25, 0.3) is 16.3 Å². The van der Waals surface area contributed by atoms with Crippen LogP contribution in [-0.2, 0) is 11.2 Å². The minimum absolute atomic E-state index is 0.0165. The first kappa shape index (κ1) is 16.1. The van der Waals surface area contributed by atoms with E-state index in [2.05, 4.69) is 10.3 Å². The number of aromatic nitrogens is 3. The lowest BCUT2D eigenvalue weighted by molar-refractivity contribution is -0.136. The van der Waals surface area contributed by atoms with Crippen molar-refractivity contribution in [2.45, 2.75) is 44.6 Å². The molecule has 4 rings (SSSR count). The molecule has 0 amide bonds. The summed E-state index contributed by atoms with van der Waals surface area (Å²) in [4.78, 5) is 21.2. The van der Waals surface area contributed by atoms with Crippen LogP contribution in [0.1, 0.15) is 37.8 Å². The molecule has 3 heterocycles. The molecular formula is C18H20N4O2S. The fourth-order valence-electron chi connectivity index (χ4n) is 3.45. The van der Waals surface area contributed by atoms with Crippen LogP contribution in [0.15, 0.2) is 29.8 Å². The maximum atomic E-state index is 11.2. The Morgan fingerprint density at radius 1 is 1.32 bits per heavy atom.